The number of carbonyl (C=O) groups is 1. The van der Waals surface area contributed by atoms with Crippen LogP contribution in [0.25, 0.3) is 5.69 Å². The molecule has 0 radical (unpaired) electrons. The van der Waals surface area contributed by atoms with Gasteiger partial charge in [-0.25, -0.2) is 9.67 Å². The van der Waals surface area contributed by atoms with Gasteiger partial charge in [0.1, 0.15) is 11.4 Å². The van der Waals surface area contributed by atoms with Crippen molar-refractivity contribution < 1.29 is 4.79 Å². The molecule has 1 aromatic carbocycles. The van der Waals surface area contributed by atoms with Gasteiger partial charge in [-0.2, -0.15) is 0 Å². The van der Waals surface area contributed by atoms with Gasteiger partial charge in [0.15, 0.2) is 5.13 Å². The second kappa shape index (κ2) is 7.01. The van der Waals surface area contributed by atoms with Gasteiger partial charge < -0.3 is 10.6 Å². The molecule has 0 unspecified atom stereocenters. The summed E-state index contributed by atoms with van der Waals surface area (Å²) in [6.45, 7) is 3.06. The Kier molecular flexibility index (Phi) is 4.62. The molecule has 3 aromatic rings. The van der Waals surface area contributed by atoms with Crippen LogP contribution in [0.5, 0.6) is 0 Å². The largest absolute Gasteiger partial charge is 0.362 e. The van der Waals surface area contributed by atoms with Gasteiger partial charge in [-0.05, 0) is 19.1 Å². The quantitative estimate of drug-likeness (QED) is 0.724. The topological polar surface area (TPSA) is 84.7 Å². The Morgan fingerprint density at radius 1 is 1.30 bits per heavy atom. The average Bonchev–Trinajstić information content (AvgIpc) is 3.23. The van der Waals surface area contributed by atoms with Crippen LogP contribution in [-0.2, 0) is 6.54 Å². The molecule has 23 heavy (non-hydrogen) atoms. The Hall–Kier alpha value is -2.74. The summed E-state index contributed by atoms with van der Waals surface area (Å²) in [6.07, 6.45) is 1.79. The standard InChI is InChI=1S/C15H16N6OS/c1-2-16-15-18-13(10-23-15)14(22)17-8-11-9-21(20-19-11)12-6-4-3-5-7-12/h3-7,9-10H,2,8H2,1H3,(H,16,18)(H,17,22). The van der Waals surface area contributed by atoms with E-state index in [0.717, 1.165) is 17.4 Å². The minimum Gasteiger partial charge on any atom is -0.362 e. The second-order valence-corrected chi connectivity index (χ2v) is 5.60. The Labute approximate surface area is 137 Å². The van der Waals surface area contributed by atoms with Crippen molar-refractivity contribution in [3.63, 3.8) is 0 Å². The van der Waals surface area contributed by atoms with Gasteiger partial charge in [-0.3, -0.25) is 4.79 Å². The number of nitrogens with one attached hydrogen (secondary N) is 2. The second-order valence-electron chi connectivity index (χ2n) is 4.74. The van der Waals surface area contributed by atoms with E-state index >= 15 is 0 Å². The molecule has 118 valence electrons. The monoisotopic (exact) mass is 328 g/mol. The van der Waals surface area contributed by atoms with E-state index in [1.165, 1.54) is 11.3 Å². The molecule has 0 atom stereocenters. The highest BCUT2D eigenvalue weighted by Crippen LogP contribution is 2.15. The average molecular weight is 328 g/mol. The minimum atomic E-state index is -0.223. The summed E-state index contributed by atoms with van der Waals surface area (Å²) < 4.78 is 1.67. The highest BCUT2D eigenvalue weighted by Gasteiger charge is 2.11. The minimum absolute atomic E-state index is 0.223. The zero-order valence-electron chi connectivity index (χ0n) is 12.6. The fourth-order valence-electron chi connectivity index (χ4n) is 1.96. The lowest BCUT2D eigenvalue weighted by molar-refractivity contribution is 0.0946. The van der Waals surface area contributed by atoms with Crippen LogP contribution in [0.3, 0.4) is 0 Å². The molecule has 0 saturated carbocycles. The highest BCUT2D eigenvalue weighted by molar-refractivity contribution is 7.13. The summed E-state index contributed by atoms with van der Waals surface area (Å²) in [7, 11) is 0. The molecule has 0 aliphatic rings. The van der Waals surface area contributed by atoms with Gasteiger partial charge in [0, 0.05) is 11.9 Å². The van der Waals surface area contributed by atoms with Gasteiger partial charge in [0.25, 0.3) is 5.91 Å². The van der Waals surface area contributed by atoms with Crippen molar-refractivity contribution in [3.8, 4) is 5.69 Å². The first-order valence-electron chi connectivity index (χ1n) is 7.20. The lowest BCUT2D eigenvalue weighted by Gasteiger charge is -2.00. The van der Waals surface area contributed by atoms with E-state index in [4.69, 9.17) is 0 Å². The molecule has 7 nitrogen and oxygen atoms in total. The number of hydrogen-bond acceptors (Lipinski definition) is 6. The van der Waals surface area contributed by atoms with E-state index < -0.39 is 0 Å². The van der Waals surface area contributed by atoms with Crippen LogP contribution in [0, 0.1) is 0 Å². The van der Waals surface area contributed by atoms with Crippen LogP contribution >= 0.6 is 11.3 Å². The predicted octanol–water partition coefficient (Wildman–Crippen LogP) is 2.09. The van der Waals surface area contributed by atoms with E-state index in [-0.39, 0.29) is 5.91 Å². The Morgan fingerprint density at radius 2 is 2.13 bits per heavy atom. The molecule has 0 aliphatic carbocycles. The molecule has 2 heterocycles. The summed E-state index contributed by atoms with van der Waals surface area (Å²) in [4.78, 5) is 16.3. The normalized spacial score (nSPS) is 10.5. The van der Waals surface area contributed by atoms with E-state index in [1.807, 2.05) is 37.3 Å². The van der Waals surface area contributed by atoms with Crippen molar-refractivity contribution in [3.05, 3.63) is 53.3 Å². The molecule has 3 rings (SSSR count). The smallest absolute Gasteiger partial charge is 0.271 e. The fraction of sp³-hybridized carbons (Fsp3) is 0.200. The molecular weight excluding hydrogens is 312 g/mol. The van der Waals surface area contributed by atoms with Crippen molar-refractivity contribution in [2.75, 3.05) is 11.9 Å². The lowest BCUT2D eigenvalue weighted by atomic mass is 10.3. The molecular formula is C15H16N6OS. The van der Waals surface area contributed by atoms with Crippen molar-refractivity contribution in [1.29, 1.82) is 0 Å². The predicted molar refractivity (Wildman–Crippen MR) is 88.8 cm³/mol. The van der Waals surface area contributed by atoms with E-state index in [0.29, 0.717) is 17.9 Å². The molecule has 0 fully saturated rings. The first-order valence-corrected chi connectivity index (χ1v) is 8.08. The Morgan fingerprint density at radius 3 is 2.91 bits per heavy atom. The molecule has 2 aromatic heterocycles. The number of carbonyl (C=O) groups excluding carboxylic acids is 1. The van der Waals surface area contributed by atoms with E-state index in [1.54, 1.807) is 16.3 Å². The summed E-state index contributed by atoms with van der Waals surface area (Å²) in [5, 5.41) is 16.5. The third kappa shape index (κ3) is 3.72. The number of para-hydroxylation sites is 1. The van der Waals surface area contributed by atoms with Crippen molar-refractivity contribution in [2.45, 2.75) is 13.5 Å². The molecule has 1 amide bonds. The molecule has 2 N–H and O–H groups in total. The maximum absolute atomic E-state index is 12.1. The first kappa shape index (κ1) is 15.2. The van der Waals surface area contributed by atoms with Gasteiger partial charge in [-0.15, -0.1) is 16.4 Å². The maximum atomic E-state index is 12.1. The number of thiazole rings is 1. The van der Waals surface area contributed by atoms with Crippen LogP contribution in [-0.4, -0.2) is 32.4 Å². The van der Waals surface area contributed by atoms with Crippen LogP contribution in [0.1, 0.15) is 23.1 Å². The first-order chi connectivity index (χ1) is 11.3. The number of anilines is 1. The number of amides is 1. The Balaban J connectivity index is 1.60. The number of rotatable bonds is 6. The molecule has 8 heteroatoms. The van der Waals surface area contributed by atoms with Crippen LogP contribution in [0.2, 0.25) is 0 Å². The third-order valence-electron chi connectivity index (χ3n) is 3.06. The molecule has 0 saturated heterocycles. The summed E-state index contributed by atoms with van der Waals surface area (Å²) in [6, 6.07) is 9.69. The number of nitrogens with zero attached hydrogens (tertiary/aromatic N) is 4. The zero-order valence-corrected chi connectivity index (χ0v) is 13.4. The van der Waals surface area contributed by atoms with Gasteiger partial charge in [-0.1, -0.05) is 23.4 Å². The van der Waals surface area contributed by atoms with Crippen LogP contribution < -0.4 is 10.6 Å². The summed E-state index contributed by atoms with van der Waals surface area (Å²) in [5.74, 6) is -0.223. The van der Waals surface area contributed by atoms with Crippen LogP contribution in [0.15, 0.2) is 41.9 Å². The molecule has 0 bridgehead atoms. The van der Waals surface area contributed by atoms with Gasteiger partial charge in [0.2, 0.25) is 0 Å². The fourth-order valence-corrected chi connectivity index (χ4v) is 2.72. The van der Waals surface area contributed by atoms with Crippen LogP contribution in [0.4, 0.5) is 5.13 Å². The lowest BCUT2D eigenvalue weighted by Crippen LogP contribution is -2.23. The zero-order chi connectivity index (χ0) is 16.1. The van der Waals surface area contributed by atoms with Gasteiger partial charge >= 0.3 is 0 Å². The Bertz CT molecular complexity index is 782. The van der Waals surface area contributed by atoms with E-state index in [9.17, 15) is 4.79 Å². The SMILES string of the molecule is CCNc1nc(C(=O)NCc2cn(-c3ccccc3)nn2)cs1. The number of hydrogen-bond donors (Lipinski definition) is 2. The van der Waals surface area contributed by atoms with Crippen molar-refractivity contribution in [2.24, 2.45) is 0 Å². The summed E-state index contributed by atoms with van der Waals surface area (Å²) >= 11 is 1.41. The van der Waals surface area contributed by atoms with Crippen molar-refractivity contribution in [1.82, 2.24) is 25.3 Å². The van der Waals surface area contributed by atoms with Gasteiger partial charge in [0.05, 0.1) is 18.4 Å². The molecule has 0 spiro atoms. The maximum Gasteiger partial charge on any atom is 0.271 e. The van der Waals surface area contributed by atoms with E-state index in [2.05, 4.69) is 25.9 Å². The molecule has 0 aliphatic heterocycles. The highest BCUT2D eigenvalue weighted by atomic mass is 32.1. The number of aromatic nitrogens is 4. The van der Waals surface area contributed by atoms with Crippen molar-refractivity contribution >= 4 is 22.4 Å². The third-order valence-corrected chi connectivity index (χ3v) is 3.86. The summed E-state index contributed by atoms with van der Waals surface area (Å²) in [5.41, 5.74) is 2.01. The number of benzene rings is 1.